The molecule has 2 aromatic rings. The number of benzene rings is 1. The number of carbonyl (C=O) groups excluding carboxylic acids is 1. The first-order chi connectivity index (χ1) is 9.28. The van der Waals surface area contributed by atoms with E-state index in [4.69, 9.17) is 0 Å². The molecular weight excluding hydrogens is 238 g/mol. The normalized spacial score (nSPS) is 11.8. The van der Waals surface area contributed by atoms with Gasteiger partial charge in [-0.25, -0.2) is 4.98 Å². The van der Waals surface area contributed by atoms with E-state index >= 15 is 0 Å². The van der Waals surface area contributed by atoms with Crippen molar-refractivity contribution in [3.63, 3.8) is 0 Å². The zero-order valence-electron chi connectivity index (χ0n) is 10.7. The average Bonchev–Trinajstić information content (AvgIpc) is 2.92. The second-order valence-corrected chi connectivity index (χ2v) is 4.38. The Morgan fingerprint density at radius 2 is 2.16 bits per heavy atom. The van der Waals surface area contributed by atoms with Crippen LogP contribution < -0.4 is 5.32 Å². The van der Waals surface area contributed by atoms with Crippen molar-refractivity contribution >= 4 is 5.91 Å². The van der Waals surface area contributed by atoms with E-state index in [1.807, 2.05) is 18.2 Å². The number of nitrogens with one attached hydrogen (secondary N) is 2. The predicted octanol–water partition coefficient (Wildman–Crippen LogP) is 1.87. The molecule has 0 radical (unpaired) electrons. The second kappa shape index (κ2) is 6.54. The van der Waals surface area contributed by atoms with Crippen molar-refractivity contribution in [1.82, 2.24) is 15.3 Å². The third-order valence-electron chi connectivity index (χ3n) is 2.88. The first-order valence-corrected chi connectivity index (χ1v) is 6.22. The van der Waals surface area contributed by atoms with Crippen LogP contribution in [0.25, 0.3) is 0 Å². The van der Waals surface area contributed by atoms with Crippen molar-refractivity contribution in [3.05, 3.63) is 66.8 Å². The van der Waals surface area contributed by atoms with Crippen LogP contribution in [0, 0.1) is 0 Å². The lowest BCUT2D eigenvalue weighted by molar-refractivity contribution is -0.117. The largest absolute Gasteiger partial charge is 0.349 e. The van der Waals surface area contributed by atoms with Gasteiger partial charge in [0.15, 0.2) is 0 Å². The molecule has 1 heterocycles. The summed E-state index contributed by atoms with van der Waals surface area (Å²) in [5.74, 6) is -0.152. The van der Waals surface area contributed by atoms with Gasteiger partial charge in [0.1, 0.15) is 0 Å². The number of hydrogen-bond acceptors (Lipinski definition) is 2. The molecule has 0 saturated heterocycles. The lowest BCUT2D eigenvalue weighted by atomic mass is 10.0. The highest BCUT2D eigenvalue weighted by molar-refractivity contribution is 5.87. The number of carbonyl (C=O) groups is 1. The van der Waals surface area contributed by atoms with E-state index in [2.05, 4.69) is 34.0 Å². The SMILES string of the molecule is C=CC(=O)NC(Cc1ccccc1)Cc1cnc[nH]1. The monoisotopic (exact) mass is 255 g/mol. The van der Waals surface area contributed by atoms with Gasteiger partial charge < -0.3 is 10.3 Å². The molecule has 0 fully saturated rings. The van der Waals surface area contributed by atoms with Crippen LogP contribution in [0.5, 0.6) is 0 Å². The van der Waals surface area contributed by atoms with E-state index in [1.165, 1.54) is 11.6 Å². The van der Waals surface area contributed by atoms with Crippen molar-refractivity contribution in [1.29, 1.82) is 0 Å². The number of aromatic amines is 1. The summed E-state index contributed by atoms with van der Waals surface area (Å²) >= 11 is 0. The third-order valence-corrected chi connectivity index (χ3v) is 2.88. The van der Waals surface area contributed by atoms with Gasteiger partial charge in [0, 0.05) is 24.4 Å². The Morgan fingerprint density at radius 1 is 1.37 bits per heavy atom. The summed E-state index contributed by atoms with van der Waals surface area (Å²) in [4.78, 5) is 18.5. The van der Waals surface area contributed by atoms with Crippen molar-refractivity contribution < 1.29 is 4.79 Å². The molecule has 1 amide bonds. The molecule has 0 aliphatic carbocycles. The van der Waals surface area contributed by atoms with Gasteiger partial charge in [-0.3, -0.25) is 4.79 Å². The molecule has 0 aliphatic heterocycles. The highest BCUT2D eigenvalue weighted by Gasteiger charge is 2.13. The minimum Gasteiger partial charge on any atom is -0.349 e. The van der Waals surface area contributed by atoms with E-state index in [1.54, 1.807) is 12.5 Å². The number of amides is 1. The number of imidazole rings is 1. The molecule has 4 heteroatoms. The van der Waals surface area contributed by atoms with Crippen LogP contribution in [0.2, 0.25) is 0 Å². The fourth-order valence-corrected chi connectivity index (χ4v) is 1.99. The molecule has 4 nitrogen and oxygen atoms in total. The topological polar surface area (TPSA) is 57.8 Å². The molecule has 1 aromatic carbocycles. The van der Waals surface area contributed by atoms with Gasteiger partial charge in [0.05, 0.1) is 6.33 Å². The smallest absolute Gasteiger partial charge is 0.243 e. The number of rotatable bonds is 6. The summed E-state index contributed by atoms with van der Waals surface area (Å²) in [6.45, 7) is 3.49. The summed E-state index contributed by atoms with van der Waals surface area (Å²) in [6, 6.07) is 10.1. The Kier molecular flexibility index (Phi) is 4.50. The maximum absolute atomic E-state index is 11.5. The molecule has 2 N–H and O–H groups in total. The summed E-state index contributed by atoms with van der Waals surface area (Å²) in [5, 5.41) is 2.95. The van der Waals surface area contributed by atoms with E-state index in [0.717, 1.165) is 12.1 Å². The minimum absolute atomic E-state index is 0.0216. The van der Waals surface area contributed by atoms with Crippen molar-refractivity contribution in [2.24, 2.45) is 0 Å². The number of hydrogen-bond donors (Lipinski definition) is 2. The molecule has 1 aromatic heterocycles. The molecule has 0 saturated carbocycles. The maximum atomic E-state index is 11.5. The summed E-state index contributed by atoms with van der Waals surface area (Å²) in [6.07, 6.45) is 6.21. The van der Waals surface area contributed by atoms with Gasteiger partial charge in [0.2, 0.25) is 5.91 Å². The van der Waals surface area contributed by atoms with E-state index < -0.39 is 0 Å². The zero-order valence-corrected chi connectivity index (χ0v) is 10.7. The molecule has 1 atom stereocenters. The van der Waals surface area contributed by atoms with Crippen LogP contribution in [0.1, 0.15) is 11.3 Å². The number of nitrogens with zero attached hydrogens (tertiary/aromatic N) is 1. The number of H-pyrrole nitrogens is 1. The van der Waals surface area contributed by atoms with E-state index in [0.29, 0.717) is 6.42 Å². The molecule has 1 unspecified atom stereocenters. The minimum atomic E-state index is -0.152. The van der Waals surface area contributed by atoms with Crippen LogP contribution >= 0.6 is 0 Å². The second-order valence-electron chi connectivity index (χ2n) is 4.38. The van der Waals surface area contributed by atoms with Crippen LogP contribution in [-0.4, -0.2) is 21.9 Å². The Bertz CT molecular complexity index is 520. The average molecular weight is 255 g/mol. The van der Waals surface area contributed by atoms with Crippen LogP contribution in [-0.2, 0) is 17.6 Å². The van der Waals surface area contributed by atoms with Crippen LogP contribution in [0.4, 0.5) is 0 Å². The van der Waals surface area contributed by atoms with E-state index in [9.17, 15) is 4.79 Å². The lowest BCUT2D eigenvalue weighted by Gasteiger charge is -2.17. The Balaban J connectivity index is 2.05. The van der Waals surface area contributed by atoms with Crippen LogP contribution in [0.15, 0.2) is 55.5 Å². The number of aromatic nitrogens is 2. The highest BCUT2D eigenvalue weighted by atomic mass is 16.1. The summed E-state index contributed by atoms with van der Waals surface area (Å²) in [7, 11) is 0. The molecule has 0 bridgehead atoms. The van der Waals surface area contributed by atoms with Gasteiger partial charge in [-0.15, -0.1) is 0 Å². The molecular formula is C15H17N3O. The fourth-order valence-electron chi connectivity index (χ4n) is 1.99. The molecule has 0 aliphatic rings. The maximum Gasteiger partial charge on any atom is 0.243 e. The first kappa shape index (κ1) is 13.1. The molecule has 98 valence electrons. The van der Waals surface area contributed by atoms with Gasteiger partial charge >= 0.3 is 0 Å². The Labute approximate surface area is 112 Å². The van der Waals surface area contributed by atoms with Gasteiger partial charge in [0.25, 0.3) is 0 Å². The molecule has 19 heavy (non-hydrogen) atoms. The van der Waals surface area contributed by atoms with Crippen LogP contribution in [0.3, 0.4) is 0 Å². The first-order valence-electron chi connectivity index (χ1n) is 6.22. The van der Waals surface area contributed by atoms with Crippen molar-refractivity contribution in [2.45, 2.75) is 18.9 Å². The Hall–Kier alpha value is -2.36. The third kappa shape index (κ3) is 4.10. The lowest BCUT2D eigenvalue weighted by Crippen LogP contribution is -2.37. The molecule has 0 spiro atoms. The van der Waals surface area contributed by atoms with E-state index in [-0.39, 0.29) is 11.9 Å². The predicted molar refractivity (Wildman–Crippen MR) is 74.6 cm³/mol. The summed E-state index contributed by atoms with van der Waals surface area (Å²) in [5.41, 5.74) is 2.20. The molecule has 2 rings (SSSR count). The summed E-state index contributed by atoms with van der Waals surface area (Å²) < 4.78 is 0. The van der Waals surface area contributed by atoms with Crippen molar-refractivity contribution in [3.8, 4) is 0 Å². The standard InChI is InChI=1S/C15H17N3O/c1-2-15(19)18-13(9-14-10-16-11-17-14)8-12-6-4-3-5-7-12/h2-7,10-11,13H,1,8-9H2,(H,16,17)(H,18,19). The van der Waals surface area contributed by atoms with Gasteiger partial charge in [-0.2, -0.15) is 0 Å². The van der Waals surface area contributed by atoms with Crippen molar-refractivity contribution in [2.75, 3.05) is 0 Å². The van der Waals surface area contributed by atoms with Gasteiger partial charge in [-0.05, 0) is 18.1 Å². The highest BCUT2D eigenvalue weighted by Crippen LogP contribution is 2.07. The van der Waals surface area contributed by atoms with Gasteiger partial charge in [-0.1, -0.05) is 36.9 Å². The Morgan fingerprint density at radius 3 is 2.79 bits per heavy atom. The quantitative estimate of drug-likeness (QED) is 0.774. The fraction of sp³-hybridized carbons (Fsp3) is 0.200. The zero-order chi connectivity index (χ0) is 13.5.